The Balaban J connectivity index is 2.30. The number of aromatic hydroxyl groups is 1. The fourth-order valence-electron chi connectivity index (χ4n) is 1.23. The third-order valence-corrected chi connectivity index (χ3v) is 2.00. The Hall–Kier alpha value is -2.63. The fourth-order valence-corrected chi connectivity index (χ4v) is 1.23. The number of hydrogen-bond acceptors (Lipinski definition) is 5. The number of hydrogen-bond donors (Lipinski definition) is 1. The van der Waals surface area contributed by atoms with Gasteiger partial charge in [-0.3, -0.25) is 10.1 Å². The molecule has 0 saturated carbocycles. The Morgan fingerprint density at radius 2 is 1.94 bits per heavy atom. The van der Waals surface area contributed by atoms with Crippen LogP contribution in [-0.2, 0) is 0 Å². The lowest BCUT2D eigenvalue weighted by atomic mass is 10.3. The van der Waals surface area contributed by atoms with Gasteiger partial charge in [-0.05, 0) is 30.3 Å². The summed E-state index contributed by atoms with van der Waals surface area (Å²) in [4.78, 5) is 13.9. The Kier molecular flexibility index (Phi) is 2.87. The van der Waals surface area contributed by atoms with Crippen molar-refractivity contribution in [1.82, 2.24) is 4.98 Å². The number of pyridine rings is 1. The smallest absolute Gasteiger partial charge is 0.331 e. The minimum absolute atomic E-state index is 0.0804. The number of ether oxygens (including phenoxy) is 1. The first-order valence-corrected chi connectivity index (χ1v) is 4.73. The van der Waals surface area contributed by atoms with Crippen molar-refractivity contribution >= 4 is 5.69 Å². The molecule has 0 aliphatic carbocycles. The average molecular weight is 232 g/mol. The average Bonchev–Trinajstić information content (AvgIpc) is 2.32. The summed E-state index contributed by atoms with van der Waals surface area (Å²) in [6, 6.07) is 8.60. The topological polar surface area (TPSA) is 85.5 Å². The van der Waals surface area contributed by atoms with E-state index >= 15 is 0 Å². The van der Waals surface area contributed by atoms with Crippen molar-refractivity contribution in [3.63, 3.8) is 0 Å². The summed E-state index contributed by atoms with van der Waals surface area (Å²) >= 11 is 0. The number of benzene rings is 1. The molecule has 0 aliphatic heterocycles. The number of phenolic OH excluding ortho intramolecular Hbond substituents is 1. The highest BCUT2D eigenvalue weighted by Crippen LogP contribution is 2.28. The normalized spacial score (nSPS) is 9.88. The second kappa shape index (κ2) is 4.48. The van der Waals surface area contributed by atoms with Gasteiger partial charge in [0.25, 0.3) is 5.88 Å². The molecular formula is C11H8N2O4. The lowest BCUT2D eigenvalue weighted by Gasteiger charge is -2.04. The molecule has 1 N–H and O–H groups in total. The molecule has 0 bridgehead atoms. The van der Waals surface area contributed by atoms with E-state index in [2.05, 4.69) is 4.98 Å². The maximum atomic E-state index is 10.7. The van der Waals surface area contributed by atoms with Gasteiger partial charge in [-0.1, -0.05) is 0 Å². The number of aromatic nitrogens is 1. The van der Waals surface area contributed by atoms with E-state index in [1.54, 1.807) is 0 Å². The van der Waals surface area contributed by atoms with Crippen LogP contribution >= 0.6 is 0 Å². The van der Waals surface area contributed by atoms with Gasteiger partial charge >= 0.3 is 5.69 Å². The molecule has 1 heterocycles. The molecule has 0 atom stereocenters. The van der Waals surface area contributed by atoms with E-state index in [0.717, 1.165) is 0 Å². The zero-order valence-corrected chi connectivity index (χ0v) is 8.61. The predicted molar refractivity (Wildman–Crippen MR) is 59.1 cm³/mol. The minimum Gasteiger partial charge on any atom is -0.508 e. The van der Waals surface area contributed by atoms with Crippen molar-refractivity contribution in [1.29, 1.82) is 0 Å². The third kappa shape index (κ3) is 2.49. The molecule has 1 aromatic carbocycles. The van der Waals surface area contributed by atoms with Gasteiger partial charge in [0.05, 0.1) is 4.92 Å². The largest absolute Gasteiger partial charge is 0.508 e. The van der Waals surface area contributed by atoms with Gasteiger partial charge in [0.15, 0.2) is 0 Å². The number of phenols is 1. The summed E-state index contributed by atoms with van der Waals surface area (Å²) in [5.74, 6) is 0.376. The van der Waals surface area contributed by atoms with Crippen LogP contribution in [0, 0.1) is 10.1 Å². The van der Waals surface area contributed by atoms with E-state index < -0.39 is 4.92 Å². The summed E-state index contributed by atoms with van der Waals surface area (Å²) in [6.07, 6.45) is 1.41. The molecule has 86 valence electrons. The van der Waals surface area contributed by atoms with Crippen LogP contribution in [0.5, 0.6) is 17.4 Å². The van der Waals surface area contributed by atoms with E-state index in [0.29, 0.717) is 5.75 Å². The van der Waals surface area contributed by atoms with Crippen molar-refractivity contribution in [3.8, 4) is 17.4 Å². The van der Waals surface area contributed by atoms with Gasteiger partial charge in [-0.25, -0.2) is 4.98 Å². The fraction of sp³-hybridized carbons (Fsp3) is 0. The molecule has 0 radical (unpaired) electrons. The SMILES string of the molecule is O=[N+]([O-])c1cccnc1Oc1ccc(O)cc1. The van der Waals surface area contributed by atoms with Crippen molar-refractivity contribution in [2.45, 2.75) is 0 Å². The van der Waals surface area contributed by atoms with Crippen molar-refractivity contribution < 1.29 is 14.8 Å². The van der Waals surface area contributed by atoms with Crippen LogP contribution in [0.3, 0.4) is 0 Å². The van der Waals surface area contributed by atoms with Gasteiger partial charge in [0.2, 0.25) is 0 Å². The zero-order chi connectivity index (χ0) is 12.3. The van der Waals surface area contributed by atoms with Gasteiger partial charge in [-0.15, -0.1) is 0 Å². The van der Waals surface area contributed by atoms with Crippen LogP contribution in [0.1, 0.15) is 0 Å². The molecule has 1 aromatic heterocycles. The van der Waals surface area contributed by atoms with Crippen molar-refractivity contribution in [3.05, 3.63) is 52.7 Å². The Morgan fingerprint density at radius 3 is 2.59 bits per heavy atom. The summed E-state index contributed by atoms with van der Waals surface area (Å²) in [7, 11) is 0. The molecule has 2 rings (SSSR count). The van der Waals surface area contributed by atoms with Crippen LogP contribution < -0.4 is 4.74 Å². The van der Waals surface area contributed by atoms with Crippen molar-refractivity contribution in [2.24, 2.45) is 0 Å². The number of nitrogens with zero attached hydrogens (tertiary/aromatic N) is 2. The molecule has 0 saturated heterocycles. The zero-order valence-electron chi connectivity index (χ0n) is 8.61. The van der Waals surface area contributed by atoms with Gasteiger partial charge < -0.3 is 9.84 Å². The van der Waals surface area contributed by atoms with Crippen molar-refractivity contribution in [2.75, 3.05) is 0 Å². The first-order valence-electron chi connectivity index (χ1n) is 4.73. The number of nitro groups is 1. The molecule has 6 heteroatoms. The molecule has 0 amide bonds. The second-order valence-corrected chi connectivity index (χ2v) is 3.18. The molecular weight excluding hydrogens is 224 g/mol. The van der Waals surface area contributed by atoms with Gasteiger partial charge in [0.1, 0.15) is 11.5 Å². The maximum absolute atomic E-state index is 10.7. The Bertz CT molecular complexity index is 539. The van der Waals surface area contributed by atoms with Crippen LogP contribution in [-0.4, -0.2) is 15.0 Å². The van der Waals surface area contributed by atoms with E-state index in [4.69, 9.17) is 9.84 Å². The highest BCUT2D eigenvalue weighted by atomic mass is 16.6. The lowest BCUT2D eigenvalue weighted by molar-refractivity contribution is -0.386. The molecule has 0 fully saturated rings. The third-order valence-electron chi connectivity index (χ3n) is 2.00. The predicted octanol–water partition coefficient (Wildman–Crippen LogP) is 2.49. The lowest BCUT2D eigenvalue weighted by Crippen LogP contribution is -1.95. The summed E-state index contributed by atoms with van der Waals surface area (Å²) < 4.78 is 5.26. The summed E-state index contributed by atoms with van der Waals surface area (Å²) in [5.41, 5.74) is -0.208. The number of rotatable bonds is 3. The maximum Gasteiger partial charge on any atom is 0.331 e. The Labute approximate surface area is 96.3 Å². The molecule has 0 aliphatic rings. The first kappa shape index (κ1) is 10.9. The van der Waals surface area contributed by atoms with E-state index in [9.17, 15) is 10.1 Å². The molecule has 0 spiro atoms. The van der Waals surface area contributed by atoms with Crippen LogP contribution in [0.2, 0.25) is 0 Å². The molecule has 2 aromatic rings. The van der Waals surface area contributed by atoms with Gasteiger partial charge in [0, 0.05) is 12.3 Å². The Morgan fingerprint density at radius 1 is 1.24 bits per heavy atom. The summed E-state index contributed by atoms with van der Waals surface area (Å²) in [5, 5.41) is 19.8. The molecule has 17 heavy (non-hydrogen) atoms. The van der Waals surface area contributed by atoms with Crippen LogP contribution in [0.4, 0.5) is 5.69 Å². The molecule has 6 nitrogen and oxygen atoms in total. The van der Waals surface area contributed by atoms with E-state index in [1.807, 2.05) is 0 Å². The minimum atomic E-state index is -0.567. The highest BCUT2D eigenvalue weighted by molar-refractivity contribution is 5.43. The highest BCUT2D eigenvalue weighted by Gasteiger charge is 2.16. The van der Waals surface area contributed by atoms with Gasteiger partial charge in [-0.2, -0.15) is 0 Å². The monoisotopic (exact) mass is 232 g/mol. The van der Waals surface area contributed by atoms with E-state index in [1.165, 1.54) is 42.6 Å². The first-order chi connectivity index (χ1) is 8.16. The van der Waals surface area contributed by atoms with E-state index in [-0.39, 0.29) is 17.3 Å². The quantitative estimate of drug-likeness (QED) is 0.649. The van der Waals surface area contributed by atoms with Crippen LogP contribution in [0.15, 0.2) is 42.6 Å². The van der Waals surface area contributed by atoms with Crippen LogP contribution in [0.25, 0.3) is 0 Å². The molecule has 0 unspecified atom stereocenters. The standard InChI is InChI=1S/C11H8N2O4/c14-8-3-5-9(6-4-8)17-11-10(13(15)16)2-1-7-12-11/h1-7,14H. The second-order valence-electron chi connectivity index (χ2n) is 3.18. The summed E-state index contributed by atoms with van der Waals surface area (Å²) in [6.45, 7) is 0.